The Balaban J connectivity index is 1.96. The number of carbonyl (C=O) groups is 2. The molecular weight excluding hydrogens is 404 g/mol. The van der Waals surface area contributed by atoms with Crippen LogP contribution in [-0.4, -0.2) is 38.0 Å². The molecule has 0 spiro atoms. The number of nitro benzene ring substituents is 1. The van der Waals surface area contributed by atoms with Gasteiger partial charge in [-0.3, -0.25) is 19.7 Å². The fraction of sp³-hybridized carbons (Fsp3) is 0.273. The summed E-state index contributed by atoms with van der Waals surface area (Å²) in [7, 11) is 4.20. The molecule has 2 atom stereocenters. The fourth-order valence-electron chi connectivity index (χ4n) is 3.60. The summed E-state index contributed by atoms with van der Waals surface area (Å²) in [5, 5.41) is 14.5. The number of nitrogens with zero attached hydrogens (tertiary/aromatic N) is 1. The Bertz CT molecular complexity index is 1030. The van der Waals surface area contributed by atoms with E-state index >= 15 is 0 Å². The van der Waals surface area contributed by atoms with Gasteiger partial charge < -0.3 is 19.5 Å². The molecule has 0 fully saturated rings. The predicted octanol–water partition coefficient (Wildman–Crippen LogP) is 3.45. The number of allylic oxidation sites excluding steroid dienone is 2. The molecule has 0 bridgehead atoms. The van der Waals surface area contributed by atoms with Gasteiger partial charge >= 0.3 is 5.97 Å². The van der Waals surface area contributed by atoms with E-state index < -0.39 is 28.5 Å². The molecule has 0 unspecified atom stereocenters. The van der Waals surface area contributed by atoms with E-state index in [1.54, 1.807) is 37.4 Å². The van der Waals surface area contributed by atoms with Gasteiger partial charge in [0.1, 0.15) is 23.1 Å². The molecular formula is C22H22N2O7. The summed E-state index contributed by atoms with van der Waals surface area (Å²) < 4.78 is 15.1. The monoisotopic (exact) mass is 426 g/mol. The van der Waals surface area contributed by atoms with Crippen LogP contribution in [0.3, 0.4) is 0 Å². The van der Waals surface area contributed by atoms with Gasteiger partial charge in [-0.25, -0.2) is 0 Å². The van der Waals surface area contributed by atoms with Crippen LogP contribution in [0.5, 0.6) is 11.5 Å². The molecule has 1 N–H and O–H groups in total. The number of nitro groups is 1. The van der Waals surface area contributed by atoms with E-state index in [4.69, 9.17) is 14.2 Å². The van der Waals surface area contributed by atoms with E-state index in [-0.39, 0.29) is 17.8 Å². The zero-order chi connectivity index (χ0) is 22.5. The van der Waals surface area contributed by atoms with Crippen molar-refractivity contribution in [2.45, 2.75) is 12.3 Å². The number of rotatable bonds is 7. The number of ether oxygens (including phenoxy) is 3. The highest BCUT2D eigenvalue weighted by molar-refractivity contribution is 6.07. The van der Waals surface area contributed by atoms with Crippen molar-refractivity contribution in [3.8, 4) is 11.5 Å². The van der Waals surface area contributed by atoms with Crippen LogP contribution < -0.4 is 14.8 Å². The van der Waals surface area contributed by atoms with Gasteiger partial charge in [-0.2, -0.15) is 0 Å². The minimum absolute atomic E-state index is 0.191. The highest BCUT2D eigenvalue weighted by Gasteiger charge is 2.39. The van der Waals surface area contributed by atoms with E-state index in [9.17, 15) is 19.7 Å². The first-order valence-electron chi connectivity index (χ1n) is 9.43. The Hall–Kier alpha value is -3.88. The van der Waals surface area contributed by atoms with Crippen LogP contribution in [0.15, 0.2) is 54.2 Å². The maximum Gasteiger partial charge on any atom is 0.317 e. The predicted molar refractivity (Wildman–Crippen MR) is 112 cm³/mol. The Labute approximate surface area is 178 Å². The molecule has 162 valence electrons. The van der Waals surface area contributed by atoms with Crippen LogP contribution in [0.1, 0.15) is 17.9 Å². The van der Waals surface area contributed by atoms with E-state index in [2.05, 4.69) is 5.32 Å². The number of nitrogens with one attached hydrogen (secondary N) is 1. The molecule has 1 aliphatic carbocycles. The molecule has 0 radical (unpaired) electrons. The lowest BCUT2D eigenvalue weighted by atomic mass is 9.76. The second-order valence-electron chi connectivity index (χ2n) is 6.92. The minimum atomic E-state index is -1.00. The van der Waals surface area contributed by atoms with E-state index in [1.165, 1.54) is 32.4 Å². The standard InChI is InChI=1S/C22H22N2O7/c1-29-15-6-4-13(5-7-15)17-10-14(11-20(25)21(17)22(26)31-3)23-18-9-8-16(30-2)12-19(18)24(27)28/h4-9,11-12,17,21,23H,10H2,1-3H3/t17-,21+/m1/s1. The van der Waals surface area contributed by atoms with Gasteiger partial charge in [-0.15, -0.1) is 0 Å². The topological polar surface area (TPSA) is 117 Å². The second kappa shape index (κ2) is 9.29. The molecule has 9 heteroatoms. The highest BCUT2D eigenvalue weighted by atomic mass is 16.6. The average Bonchev–Trinajstić information content (AvgIpc) is 2.78. The van der Waals surface area contributed by atoms with E-state index in [0.717, 1.165) is 5.56 Å². The third-order valence-corrected chi connectivity index (χ3v) is 5.16. The Morgan fingerprint density at radius 3 is 2.29 bits per heavy atom. The van der Waals surface area contributed by atoms with Gasteiger partial charge in [0.15, 0.2) is 5.78 Å². The fourth-order valence-corrected chi connectivity index (χ4v) is 3.60. The zero-order valence-electron chi connectivity index (χ0n) is 17.3. The lowest BCUT2D eigenvalue weighted by Crippen LogP contribution is -2.34. The maximum atomic E-state index is 12.8. The summed E-state index contributed by atoms with van der Waals surface area (Å²) in [6.07, 6.45) is 1.58. The smallest absolute Gasteiger partial charge is 0.317 e. The largest absolute Gasteiger partial charge is 0.497 e. The van der Waals surface area contributed by atoms with Crippen LogP contribution in [-0.2, 0) is 14.3 Å². The van der Waals surface area contributed by atoms with Crippen molar-refractivity contribution in [1.29, 1.82) is 0 Å². The van der Waals surface area contributed by atoms with Crippen LogP contribution in [0.2, 0.25) is 0 Å². The first-order valence-corrected chi connectivity index (χ1v) is 9.43. The van der Waals surface area contributed by atoms with Crippen LogP contribution in [0, 0.1) is 16.0 Å². The van der Waals surface area contributed by atoms with Gasteiger partial charge in [0.05, 0.1) is 32.3 Å². The summed E-state index contributed by atoms with van der Waals surface area (Å²) >= 11 is 0. The molecule has 0 aromatic heterocycles. The Kier molecular flexibility index (Phi) is 6.54. The van der Waals surface area contributed by atoms with Gasteiger partial charge in [0.2, 0.25) is 0 Å². The molecule has 0 saturated heterocycles. The summed E-state index contributed by atoms with van der Waals surface area (Å²) in [6, 6.07) is 11.4. The molecule has 0 saturated carbocycles. The lowest BCUT2D eigenvalue weighted by molar-refractivity contribution is -0.384. The van der Waals surface area contributed by atoms with Crippen molar-refractivity contribution in [2.75, 3.05) is 26.6 Å². The lowest BCUT2D eigenvalue weighted by Gasteiger charge is -2.29. The summed E-state index contributed by atoms with van der Waals surface area (Å²) in [5.41, 5.74) is 1.24. The molecule has 2 aromatic rings. The SMILES string of the molecule is COC(=O)[C@@H]1C(=O)C=C(Nc2ccc(OC)cc2[N+](=O)[O-])C[C@@H]1c1ccc(OC)cc1. The van der Waals surface area contributed by atoms with Crippen LogP contribution in [0.25, 0.3) is 0 Å². The molecule has 0 amide bonds. The molecule has 1 aliphatic rings. The first-order chi connectivity index (χ1) is 14.9. The van der Waals surface area contributed by atoms with Crippen molar-refractivity contribution in [3.05, 3.63) is 69.9 Å². The number of carbonyl (C=O) groups excluding carboxylic acids is 2. The molecule has 0 aliphatic heterocycles. The summed E-state index contributed by atoms with van der Waals surface area (Å²) in [5.74, 6) is -1.59. The third-order valence-electron chi connectivity index (χ3n) is 5.16. The van der Waals surface area contributed by atoms with Gasteiger partial charge in [-0.1, -0.05) is 12.1 Å². The molecule has 2 aromatic carbocycles. The number of hydrogen-bond acceptors (Lipinski definition) is 8. The molecule has 9 nitrogen and oxygen atoms in total. The zero-order valence-corrected chi connectivity index (χ0v) is 17.3. The molecule has 3 rings (SSSR count). The minimum Gasteiger partial charge on any atom is -0.497 e. The number of esters is 1. The normalized spacial score (nSPS) is 18.0. The number of methoxy groups -OCH3 is 3. The maximum absolute atomic E-state index is 12.8. The average molecular weight is 426 g/mol. The number of anilines is 1. The first kappa shape index (κ1) is 21.8. The van der Waals surface area contributed by atoms with Crippen LogP contribution >= 0.6 is 0 Å². The van der Waals surface area contributed by atoms with E-state index in [1.807, 2.05) is 0 Å². The number of benzene rings is 2. The highest BCUT2D eigenvalue weighted by Crippen LogP contribution is 2.39. The summed E-state index contributed by atoms with van der Waals surface area (Å²) in [4.78, 5) is 36.1. The van der Waals surface area contributed by atoms with Gasteiger partial charge in [0, 0.05) is 17.7 Å². The number of hydrogen-bond donors (Lipinski definition) is 1. The van der Waals surface area contributed by atoms with Crippen molar-refractivity contribution in [1.82, 2.24) is 0 Å². The van der Waals surface area contributed by atoms with Crippen molar-refractivity contribution in [3.63, 3.8) is 0 Å². The van der Waals surface area contributed by atoms with Crippen LogP contribution in [0.4, 0.5) is 11.4 Å². The molecule has 31 heavy (non-hydrogen) atoms. The van der Waals surface area contributed by atoms with Crippen molar-refractivity contribution < 1.29 is 28.7 Å². The van der Waals surface area contributed by atoms with Crippen molar-refractivity contribution >= 4 is 23.1 Å². The van der Waals surface area contributed by atoms with Gasteiger partial charge in [0.25, 0.3) is 5.69 Å². The number of ketones is 1. The quantitative estimate of drug-likeness (QED) is 0.310. The third kappa shape index (κ3) is 4.66. The Morgan fingerprint density at radius 1 is 1.06 bits per heavy atom. The van der Waals surface area contributed by atoms with E-state index in [0.29, 0.717) is 17.2 Å². The summed E-state index contributed by atoms with van der Waals surface area (Å²) in [6.45, 7) is 0. The Morgan fingerprint density at radius 2 is 1.71 bits per heavy atom. The van der Waals surface area contributed by atoms with Crippen molar-refractivity contribution in [2.24, 2.45) is 5.92 Å². The molecule has 0 heterocycles. The van der Waals surface area contributed by atoms with Gasteiger partial charge in [-0.05, 0) is 36.2 Å². The second-order valence-corrected chi connectivity index (χ2v) is 6.92.